The Balaban J connectivity index is 2.34. The maximum absolute atomic E-state index is 12.0. The Labute approximate surface area is 106 Å². The average molecular weight is 256 g/mol. The van der Waals surface area contributed by atoms with Crippen molar-refractivity contribution in [2.45, 2.75) is 45.1 Å². The summed E-state index contributed by atoms with van der Waals surface area (Å²) in [7, 11) is 0. The Morgan fingerprint density at radius 3 is 2.33 bits per heavy atom. The molecule has 1 saturated heterocycles. The van der Waals surface area contributed by atoms with Gasteiger partial charge in [-0.05, 0) is 26.2 Å². The highest BCUT2D eigenvalue weighted by atomic mass is 16.4. The van der Waals surface area contributed by atoms with Crippen LogP contribution in [0.15, 0.2) is 0 Å². The van der Waals surface area contributed by atoms with Crippen LogP contribution in [0.25, 0.3) is 0 Å². The molecule has 1 unspecified atom stereocenters. The van der Waals surface area contributed by atoms with E-state index in [4.69, 9.17) is 5.11 Å². The van der Waals surface area contributed by atoms with E-state index in [-0.39, 0.29) is 18.7 Å². The third kappa shape index (κ3) is 4.73. The van der Waals surface area contributed by atoms with E-state index < -0.39 is 17.9 Å². The number of aliphatic carboxylic acids is 1. The lowest BCUT2D eigenvalue weighted by Crippen LogP contribution is -2.48. The molecule has 0 saturated carbocycles. The van der Waals surface area contributed by atoms with E-state index in [1.54, 1.807) is 11.8 Å². The minimum atomic E-state index is -1.01. The molecule has 1 aliphatic heterocycles. The number of carbonyl (C=O) groups is 3. The lowest BCUT2D eigenvalue weighted by Gasteiger charge is -2.29. The molecule has 6 heteroatoms. The van der Waals surface area contributed by atoms with Gasteiger partial charge in [-0.1, -0.05) is 0 Å². The molecule has 0 aromatic rings. The second kappa shape index (κ2) is 6.98. The van der Waals surface area contributed by atoms with E-state index in [2.05, 4.69) is 5.32 Å². The van der Waals surface area contributed by atoms with Crippen LogP contribution in [0.5, 0.6) is 0 Å². The van der Waals surface area contributed by atoms with Gasteiger partial charge in [0, 0.05) is 19.5 Å². The van der Waals surface area contributed by atoms with E-state index in [0.717, 1.165) is 32.4 Å². The first-order chi connectivity index (χ1) is 8.50. The number of rotatable bonds is 5. The Hall–Kier alpha value is -1.59. The molecule has 6 nitrogen and oxygen atoms in total. The van der Waals surface area contributed by atoms with E-state index in [9.17, 15) is 14.4 Å². The molecule has 18 heavy (non-hydrogen) atoms. The van der Waals surface area contributed by atoms with Crippen molar-refractivity contribution in [3.05, 3.63) is 0 Å². The highest BCUT2D eigenvalue weighted by Crippen LogP contribution is 2.10. The number of piperidine rings is 1. The fraction of sp³-hybridized carbons (Fsp3) is 0.750. The number of amides is 2. The first-order valence-electron chi connectivity index (χ1n) is 6.30. The number of hydrogen-bond donors (Lipinski definition) is 2. The van der Waals surface area contributed by atoms with Crippen LogP contribution in [0.1, 0.15) is 39.0 Å². The minimum Gasteiger partial charge on any atom is -0.481 e. The molecule has 2 amide bonds. The van der Waals surface area contributed by atoms with Crippen molar-refractivity contribution in [1.29, 1.82) is 0 Å². The summed E-state index contributed by atoms with van der Waals surface area (Å²) in [6.07, 6.45) is 2.85. The summed E-state index contributed by atoms with van der Waals surface area (Å²) in [4.78, 5) is 35.4. The van der Waals surface area contributed by atoms with Crippen LogP contribution in [0, 0.1) is 0 Å². The fourth-order valence-corrected chi connectivity index (χ4v) is 1.98. The Morgan fingerprint density at radius 1 is 1.17 bits per heavy atom. The molecule has 0 aromatic carbocycles. The van der Waals surface area contributed by atoms with Crippen molar-refractivity contribution >= 4 is 17.8 Å². The van der Waals surface area contributed by atoms with Crippen molar-refractivity contribution in [2.24, 2.45) is 0 Å². The summed E-state index contributed by atoms with van der Waals surface area (Å²) in [5, 5.41) is 11.0. The maximum atomic E-state index is 12.0. The molecule has 0 radical (unpaired) electrons. The summed E-state index contributed by atoms with van der Waals surface area (Å²) in [5.74, 6) is -1.49. The molecule has 1 aliphatic rings. The van der Waals surface area contributed by atoms with E-state index in [1.807, 2.05) is 0 Å². The largest absolute Gasteiger partial charge is 0.481 e. The summed E-state index contributed by atoms with van der Waals surface area (Å²) in [6, 6.07) is -0.579. The van der Waals surface area contributed by atoms with Gasteiger partial charge in [-0.25, -0.2) is 0 Å². The van der Waals surface area contributed by atoms with Crippen molar-refractivity contribution in [2.75, 3.05) is 13.1 Å². The smallest absolute Gasteiger partial charge is 0.303 e. The third-order valence-corrected chi connectivity index (χ3v) is 2.98. The van der Waals surface area contributed by atoms with E-state index in [0.29, 0.717) is 0 Å². The van der Waals surface area contributed by atoms with Crippen LogP contribution in [0.2, 0.25) is 0 Å². The van der Waals surface area contributed by atoms with Crippen LogP contribution >= 0.6 is 0 Å². The fourth-order valence-electron chi connectivity index (χ4n) is 1.98. The molecule has 0 aromatic heterocycles. The minimum absolute atomic E-state index is 0.0848. The van der Waals surface area contributed by atoms with Gasteiger partial charge in [-0.2, -0.15) is 0 Å². The highest BCUT2D eigenvalue weighted by Gasteiger charge is 2.23. The van der Waals surface area contributed by atoms with Gasteiger partial charge in [0.15, 0.2) is 0 Å². The average Bonchev–Trinajstić information content (AvgIpc) is 2.36. The molecular formula is C12H20N2O4. The first-order valence-corrected chi connectivity index (χ1v) is 6.30. The highest BCUT2D eigenvalue weighted by molar-refractivity contribution is 5.88. The lowest BCUT2D eigenvalue weighted by molar-refractivity contribution is -0.139. The molecule has 1 heterocycles. The zero-order valence-corrected chi connectivity index (χ0v) is 10.6. The molecule has 0 aliphatic carbocycles. The van der Waals surface area contributed by atoms with Crippen molar-refractivity contribution in [3.63, 3.8) is 0 Å². The van der Waals surface area contributed by atoms with Crippen molar-refractivity contribution < 1.29 is 19.5 Å². The molecule has 1 atom stereocenters. The van der Waals surface area contributed by atoms with Gasteiger partial charge < -0.3 is 15.3 Å². The predicted molar refractivity (Wildman–Crippen MR) is 64.9 cm³/mol. The zero-order chi connectivity index (χ0) is 13.5. The van der Waals surface area contributed by atoms with Gasteiger partial charge in [0.25, 0.3) is 0 Å². The number of nitrogens with zero attached hydrogens (tertiary/aromatic N) is 1. The molecule has 2 N–H and O–H groups in total. The second-order valence-electron chi connectivity index (χ2n) is 4.57. The van der Waals surface area contributed by atoms with Gasteiger partial charge in [0.1, 0.15) is 6.04 Å². The van der Waals surface area contributed by atoms with Gasteiger partial charge in [-0.3, -0.25) is 14.4 Å². The number of likely N-dealkylation sites (tertiary alicyclic amines) is 1. The normalized spacial score (nSPS) is 17.1. The summed E-state index contributed by atoms with van der Waals surface area (Å²) in [5.41, 5.74) is 0. The van der Waals surface area contributed by atoms with Crippen LogP contribution in [0.4, 0.5) is 0 Å². The van der Waals surface area contributed by atoms with Crippen LogP contribution in [-0.2, 0) is 14.4 Å². The summed E-state index contributed by atoms with van der Waals surface area (Å²) < 4.78 is 0. The number of carbonyl (C=O) groups excluding carboxylic acids is 2. The molecule has 1 fully saturated rings. The topological polar surface area (TPSA) is 86.7 Å². The number of carboxylic acid groups (broad SMARTS) is 1. The SMILES string of the molecule is CC(NC(=O)CCC(=O)O)C(=O)N1CCCCC1. The monoisotopic (exact) mass is 256 g/mol. The van der Waals surface area contributed by atoms with E-state index in [1.165, 1.54) is 0 Å². The maximum Gasteiger partial charge on any atom is 0.303 e. The Kier molecular flexibility index (Phi) is 5.61. The molecular weight excluding hydrogens is 236 g/mol. The quantitative estimate of drug-likeness (QED) is 0.744. The predicted octanol–water partition coefficient (Wildman–Crippen LogP) is 0.368. The number of nitrogens with one attached hydrogen (secondary N) is 1. The first kappa shape index (κ1) is 14.5. The number of hydrogen-bond acceptors (Lipinski definition) is 3. The standard InChI is InChI=1S/C12H20N2O4/c1-9(13-10(15)5-6-11(16)17)12(18)14-7-3-2-4-8-14/h9H,2-8H2,1H3,(H,13,15)(H,16,17). The zero-order valence-electron chi connectivity index (χ0n) is 10.6. The van der Waals surface area contributed by atoms with Crippen LogP contribution in [0.3, 0.4) is 0 Å². The van der Waals surface area contributed by atoms with E-state index >= 15 is 0 Å². The Morgan fingerprint density at radius 2 is 1.78 bits per heavy atom. The van der Waals surface area contributed by atoms with Crippen LogP contribution < -0.4 is 5.32 Å². The van der Waals surface area contributed by atoms with Crippen molar-refractivity contribution in [3.8, 4) is 0 Å². The molecule has 102 valence electrons. The summed E-state index contributed by atoms with van der Waals surface area (Å²) in [6.45, 7) is 3.12. The van der Waals surface area contributed by atoms with Gasteiger partial charge in [0.2, 0.25) is 11.8 Å². The lowest BCUT2D eigenvalue weighted by atomic mass is 10.1. The molecule has 1 rings (SSSR count). The van der Waals surface area contributed by atoms with Gasteiger partial charge in [-0.15, -0.1) is 0 Å². The second-order valence-corrected chi connectivity index (χ2v) is 4.57. The molecule has 0 spiro atoms. The van der Waals surface area contributed by atoms with Gasteiger partial charge >= 0.3 is 5.97 Å². The molecule has 0 bridgehead atoms. The van der Waals surface area contributed by atoms with Gasteiger partial charge in [0.05, 0.1) is 6.42 Å². The van der Waals surface area contributed by atoms with Crippen molar-refractivity contribution in [1.82, 2.24) is 10.2 Å². The third-order valence-electron chi connectivity index (χ3n) is 2.98. The Bertz CT molecular complexity index is 324. The summed E-state index contributed by atoms with van der Waals surface area (Å²) >= 11 is 0. The van der Waals surface area contributed by atoms with Crippen LogP contribution in [-0.4, -0.2) is 46.9 Å². The number of carboxylic acids is 1.